The van der Waals surface area contributed by atoms with Crippen LogP contribution in [-0.2, 0) is 52.1 Å². The van der Waals surface area contributed by atoms with Gasteiger partial charge in [-0.3, -0.25) is 14.5 Å². The first-order valence-corrected chi connectivity index (χ1v) is 10.2. The third kappa shape index (κ3) is 7.64. The van der Waals surface area contributed by atoms with Gasteiger partial charge in [-0.25, -0.2) is 0 Å². The summed E-state index contributed by atoms with van der Waals surface area (Å²) in [5, 5.41) is 3.26. The molecule has 0 aromatic rings. The molecule has 1 radical (unpaired) electrons. The molecule has 1 spiro atoms. The maximum Gasteiger partial charge on any atom is 0.242 e. The minimum atomic E-state index is -0.288. The van der Waals surface area contributed by atoms with E-state index in [9.17, 15) is 9.59 Å². The number of carbonyl (C=O) groups excluding carboxylic acids is 2. The molecule has 1 atom stereocenters. The van der Waals surface area contributed by atoms with Crippen LogP contribution in [0.5, 0.6) is 0 Å². The molecule has 159 valence electrons. The fourth-order valence-corrected chi connectivity index (χ4v) is 3.39. The number of hydrogen-bond donors (Lipinski definition) is 1. The van der Waals surface area contributed by atoms with Crippen LogP contribution < -0.4 is 5.32 Å². The van der Waals surface area contributed by atoms with Gasteiger partial charge in [0.1, 0.15) is 0 Å². The number of carbonyl (C=O) groups is 2. The van der Waals surface area contributed by atoms with E-state index in [1.54, 1.807) is 11.5 Å². The minimum absolute atomic E-state index is 0. The molecule has 28 heavy (non-hydrogen) atoms. The Hall–Kier alpha value is -0.0761. The molecule has 8 heteroatoms. The second-order valence-electron chi connectivity index (χ2n) is 8.87. The van der Waals surface area contributed by atoms with Crippen molar-refractivity contribution in [1.82, 2.24) is 15.1 Å². The number of piperazine rings is 1. The van der Waals surface area contributed by atoms with E-state index in [0.717, 1.165) is 31.7 Å². The number of nitrogens with zero attached hydrogens (tertiary/aromatic N) is 2. The quantitative estimate of drug-likeness (QED) is 0.502. The molecular formula is C20H36N3O4Y-. The molecule has 7 nitrogen and oxygen atoms in total. The minimum Gasteiger partial charge on any atom is -0.412 e. The van der Waals surface area contributed by atoms with Gasteiger partial charge in [0, 0.05) is 64.5 Å². The van der Waals surface area contributed by atoms with Gasteiger partial charge in [-0.1, -0.05) is 34.6 Å². The summed E-state index contributed by atoms with van der Waals surface area (Å²) in [4.78, 5) is 38.3. The van der Waals surface area contributed by atoms with Gasteiger partial charge in [0.25, 0.3) is 0 Å². The number of amides is 2. The molecule has 1 unspecified atom stereocenters. The van der Waals surface area contributed by atoms with Crippen molar-refractivity contribution in [1.29, 1.82) is 0 Å². The van der Waals surface area contributed by atoms with Gasteiger partial charge in [-0.05, 0) is 31.1 Å². The van der Waals surface area contributed by atoms with Crippen LogP contribution >= 0.6 is 0 Å². The molecule has 3 fully saturated rings. The molecule has 3 aliphatic rings. The summed E-state index contributed by atoms with van der Waals surface area (Å²) in [6.07, 6.45) is 2.32. The van der Waals surface area contributed by atoms with Gasteiger partial charge in [0.2, 0.25) is 11.8 Å². The Morgan fingerprint density at radius 1 is 1.21 bits per heavy atom. The summed E-state index contributed by atoms with van der Waals surface area (Å²) in [6.45, 7) is 15.2. The molecule has 3 rings (SSSR count). The maximum atomic E-state index is 12.5. The second kappa shape index (κ2) is 11.9. The normalized spacial score (nSPS) is 23.8. The van der Waals surface area contributed by atoms with Crippen molar-refractivity contribution in [2.45, 2.75) is 65.5 Å². The van der Waals surface area contributed by atoms with Crippen molar-refractivity contribution in [2.75, 3.05) is 32.7 Å². The molecule has 2 amide bonds. The topological polar surface area (TPSA) is 71.1 Å². The van der Waals surface area contributed by atoms with Gasteiger partial charge in [-0.2, -0.15) is 0 Å². The van der Waals surface area contributed by atoms with Crippen molar-refractivity contribution < 1.29 is 52.1 Å². The first-order valence-electron chi connectivity index (χ1n) is 10.2. The summed E-state index contributed by atoms with van der Waals surface area (Å²) >= 11 is 0. The first kappa shape index (κ1) is 26.0. The van der Waals surface area contributed by atoms with E-state index in [-0.39, 0.29) is 62.7 Å². The van der Waals surface area contributed by atoms with Crippen molar-refractivity contribution in [3.8, 4) is 0 Å². The molecule has 3 heterocycles. The van der Waals surface area contributed by atoms with E-state index in [4.69, 9.17) is 9.78 Å². The molecule has 0 aromatic heterocycles. The largest absolute Gasteiger partial charge is 0.412 e. The van der Waals surface area contributed by atoms with Crippen LogP contribution in [0.2, 0.25) is 0 Å². The van der Waals surface area contributed by atoms with Gasteiger partial charge in [0.05, 0.1) is 12.6 Å². The summed E-state index contributed by atoms with van der Waals surface area (Å²) in [5.41, 5.74) is -0.288. The second-order valence-corrected chi connectivity index (χ2v) is 8.87. The number of nitrogens with one attached hydrogen (secondary N) is 1. The van der Waals surface area contributed by atoms with E-state index in [1.165, 1.54) is 0 Å². The van der Waals surface area contributed by atoms with Crippen LogP contribution in [-0.4, -0.2) is 66.0 Å². The Bertz CT molecular complexity index is 499. The smallest absolute Gasteiger partial charge is 0.242 e. The van der Waals surface area contributed by atoms with Crippen LogP contribution in [0.25, 0.3) is 0 Å². The van der Waals surface area contributed by atoms with E-state index in [1.807, 2.05) is 4.90 Å². The summed E-state index contributed by atoms with van der Waals surface area (Å²) in [5.74, 6) is 1.36. The Morgan fingerprint density at radius 2 is 1.79 bits per heavy atom. The fraction of sp³-hybridized carbons (Fsp3) is 0.850. The average Bonchev–Trinajstić information content (AvgIpc) is 2.56. The van der Waals surface area contributed by atoms with Gasteiger partial charge < -0.3 is 20.0 Å². The van der Waals surface area contributed by atoms with Crippen LogP contribution in [0.4, 0.5) is 0 Å². The zero-order valence-corrected chi connectivity index (χ0v) is 20.9. The van der Waals surface area contributed by atoms with Crippen molar-refractivity contribution in [3.63, 3.8) is 0 Å². The standard InChI is InChI=1S/C16H26N3O4.C4H10.Y/c1-12(2)9-13-15(21)19(8-5-17-13)10-14(20)18-6-3-16(4-7-18)11-22-23-16;1-4(2)3;/h11-13,17H,3-10H2,1-2H3;4H,1-3H3;/q-1;;. The summed E-state index contributed by atoms with van der Waals surface area (Å²) < 4.78 is 0. The molecule has 0 aliphatic carbocycles. The monoisotopic (exact) mass is 471 g/mol. The van der Waals surface area contributed by atoms with Gasteiger partial charge in [0.15, 0.2) is 0 Å². The fourth-order valence-electron chi connectivity index (χ4n) is 3.39. The Kier molecular flexibility index (Phi) is 11.1. The Morgan fingerprint density at radius 3 is 2.25 bits per heavy atom. The predicted molar refractivity (Wildman–Crippen MR) is 103 cm³/mol. The van der Waals surface area contributed by atoms with Crippen LogP contribution in [0.3, 0.4) is 0 Å². The molecule has 3 aliphatic heterocycles. The number of piperidine rings is 1. The van der Waals surface area contributed by atoms with E-state index >= 15 is 0 Å². The van der Waals surface area contributed by atoms with Crippen molar-refractivity contribution in [2.24, 2.45) is 11.8 Å². The van der Waals surface area contributed by atoms with Crippen LogP contribution in [0, 0.1) is 18.4 Å². The maximum absolute atomic E-state index is 12.5. The molecule has 0 aromatic carbocycles. The van der Waals surface area contributed by atoms with Crippen LogP contribution in [0.15, 0.2) is 0 Å². The van der Waals surface area contributed by atoms with E-state index in [0.29, 0.717) is 25.6 Å². The predicted octanol–water partition coefficient (Wildman–Crippen LogP) is 1.98. The summed E-state index contributed by atoms with van der Waals surface area (Å²) in [6, 6.07) is -0.156. The Balaban J connectivity index is 0.000000717. The molecule has 1 N–H and O–H groups in total. The molecule has 3 saturated heterocycles. The van der Waals surface area contributed by atoms with E-state index in [2.05, 4.69) is 39.9 Å². The third-order valence-corrected chi connectivity index (χ3v) is 4.85. The molecule has 0 bridgehead atoms. The molecular weight excluding hydrogens is 435 g/mol. The number of rotatable bonds is 4. The zero-order chi connectivity index (χ0) is 20.0. The van der Waals surface area contributed by atoms with Crippen molar-refractivity contribution >= 4 is 11.8 Å². The number of hydrogen-bond acceptors (Lipinski definition) is 5. The van der Waals surface area contributed by atoms with Crippen LogP contribution in [0.1, 0.15) is 53.9 Å². The van der Waals surface area contributed by atoms with E-state index < -0.39 is 0 Å². The third-order valence-electron chi connectivity index (χ3n) is 4.85. The van der Waals surface area contributed by atoms with Gasteiger partial charge in [-0.15, -0.1) is 6.61 Å². The van der Waals surface area contributed by atoms with Gasteiger partial charge >= 0.3 is 0 Å². The number of likely N-dealkylation sites (tertiary alicyclic amines) is 1. The summed E-state index contributed by atoms with van der Waals surface area (Å²) in [7, 11) is 0. The van der Waals surface area contributed by atoms with Crippen molar-refractivity contribution in [3.05, 3.63) is 6.61 Å². The first-order chi connectivity index (χ1) is 12.7. The zero-order valence-electron chi connectivity index (χ0n) is 18.1. The Labute approximate surface area is 195 Å². The average molecular weight is 471 g/mol. The SMILES string of the molecule is CC(C)C.CC(C)CC1NCCN(CC(=O)N2CCC3([CH-]OO3)CC2)C1=O.[Y]. The molecule has 0 saturated carbocycles.